The average Bonchev–Trinajstić information content (AvgIpc) is 3.52. The highest BCUT2D eigenvalue weighted by molar-refractivity contribution is 7.89. The molecule has 3 aromatic rings. The molecular formula is C22H24FN5O4S2. The number of nitrogens with zero attached hydrogens (tertiary/aromatic N) is 3. The number of carbonyl (C=O) groups is 1. The summed E-state index contributed by atoms with van der Waals surface area (Å²) in [5, 5.41) is 3.39. The van der Waals surface area contributed by atoms with E-state index >= 15 is 0 Å². The Bertz CT molecular complexity index is 1320. The van der Waals surface area contributed by atoms with Gasteiger partial charge in [-0.2, -0.15) is 4.37 Å². The lowest BCUT2D eigenvalue weighted by Gasteiger charge is -2.28. The number of aromatic nitrogens is 2. The number of aryl methyl sites for hydroxylation is 1. The van der Waals surface area contributed by atoms with E-state index < -0.39 is 21.5 Å². The van der Waals surface area contributed by atoms with E-state index in [-0.39, 0.29) is 22.9 Å². The van der Waals surface area contributed by atoms with Crippen LogP contribution in [0.5, 0.6) is 5.75 Å². The summed E-state index contributed by atoms with van der Waals surface area (Å²) < 4.78 is 50.9. The monoisotopic (exact) mass is 505 g/mol. The standard InChI is InChI=1S/C22H24FN5O4S2/c1-14-4-5-15(10-17(14)23)22(20-25-13-26-33-20)8-9-28(12-22)21(29)27-18-11-16(32-3)6-7-19(18)34(30,31)24-2/h4-7,10-11,13,24H,8-9,12H2,1-3H3,(H,27,29). The zero-order chi connectivity index (χ0) is 24.5. The van der Waals surface area contributed by atoms with Gasteiger partial charge >= 0.3 is 6.03 Å². The first-order valence-corrected chi connectivity index (χ1v) is 12.7. The van der Waals surface area contributed by atoms with Gasteiger partial charge in [0.05, 0.1) is 18.2 Å². The van der Waals surface area contributed by atoms with E-state index in [2.05, 4.69) is 19.4 Å². The molecule has 34 heavy (non-hydrogen) atoms. The van der Waals surface area contributed by atoms with Gasteiger partial charge in [-0.05, 0) is 61.3 Å². The average molecular weight is 506 g/mol. The molecule has 2 N–H and O–H groups in total. The number of nitrogens with one attached hydrogen (secondary N) is 2. The Morgan fingerprint density at radius 1 is 1.26 bits per heavy atom. The van der Waals surface area contributed by atoms with Gasteiger partial charge in [-0.3, -0.25) is 0 Å². The van der Waals surface area contributed by atoms with Gasteiger partial charge in [0.1, 0.15) is 27.8 Å². The second kappa shape index (κ2) is 9.28. The number of sulfonamides is 1. The number of hydrogen-bond donors (Lipinski definition) is 2. The zero-order valence-electron chi connectivity index (χ0n) is 18.8. The fourth-order valence-corrected chi connectivity index (χ4v) is 5.68. The largest absolute Gasteiger partial charge is 0.497 e. The molecule has 0 radical (unpaired) electrons. The fourth-order valence-electron chi connectivity index (χ4n) is 4.06. The zero-order valence-corrected chi connectivity index (χ0v) is 20.5. The van der Waals surface area contributed by atoms with Crippen LogP contribution in [0, 0.1) is 12.7 Å². The minimum absolute atomic E-state index is 0.0839. The number of rotatable bonds is 6. The van der Waals surface area contributed by atoms with Crippen LogP contribution >= 0.6 is 11.5 Å². The topological polar surface area (TPSA) is 114 Å². The smallest absolute Gasteiger partial charge is 0.321 e. The maximum atomic E-state index is 14.4. The van der Waals surface area contributed by atoms with Crippen molar-refractivity contribution in [2.45, 2.75) is 23.7 Å². The maximum absolute atomic E-state index is 14.4. The molecule has 4 rings (SSSR count). The van der Waals surface area contributed by atoms with Gasteiger partial charge in [-0.15, -0.1) is 0 Å². The molecule has 1 saturated heterocycles. The number of benzene rings is 2. The highest BCUT2D eigenvalue weighted by Gasteiger charge is 2.45. The molecule has 1 fully saturated rings. The molecule has 0 spiro atoms. The SMILES string of the molecule is CNS(=O)(=O)c1ccc(OC)cc1NC(=O)N1CCC(c2ccc(C)c(F)c2)(c2ncns2)C1. The van der Waals surface area contributed by atoms with E-state index in [1.165, 1.54) is 56.3 Å². The third-order valence-corrected chi connectivity index (χ3v) is 8.38. The number of likely N-dealkylation sites (tertiary alicyclic amines) is 1. The van der Waals surface area contributed by atoms with Gasteiger partial charge < -0.3 is 15.0 Å². The van der Waals surface area contributed by atoms with Crippen molar-refractivity contribution in [2.24, 2.45) is 0 Å². The summed E-state index contributed by atoms with van der Waals surface area (Å²) in [6.07, 6.45) is 1.96. The quantitative estimate of drug-likeness (QED) is 0.532. The van der Waals surface area contributed by atoms with Gasteiger partial charge in [-0.1, -0.05) is 12.1 Å². The number of hydrogen-bond acceptors (Lipinski definition) is 7. The van der Waals surface area contributed by atoms with Crippen LogP contribution in [0.4, 0.5) is 14.9 Å². The molecule has 1 aliphatic heterocycles. The minimum atomic E-state index is -3.83. The third kappa shape index (κ3) is 4.36. The molecule has 1 aromatic heterocycles. The van der Waals surface area contributed by atoms with E-state index in [1.54, 1.807) is 17.9 Å². The predicted octanol–water partition coefficient (Wildman–Crippen LogP) is 3.13. The minimum Gasteiger partial charge on any atom is -0.497 e. The van der Waals surface area contributed by atoms with Crippen molar-refractivity contribution in [1.82, 2.24) is 19.0 Å². The summed E-state index contributed by atoms with van der Waals surface area (Å²) in [5.41, 5.74) is 0.609. The van der Waals surface area contributed by atoms with Crippen molar-refractivity contribution in [3.05, 3.63) is 64.7 Å². The van der Waals surface area contributed by atoms with Gasteiger partial charge in [-0.25, -0.2) is 27.3 Å². The van der Waals surface area contributed by atoms with Gasteiger partial charge in [0.25, 0.3) is 0 Å². The Hall–Kier alpha value is -3.09. The number of anilines is 1. The number of carbonyl (C=O) groups excluding carboxylic acids is 1. The fraction of sp³-hybridized carbons (Fsp3) is 0.318. The summed E-state index contributed by atoms with van der Waals surface area (Å²) in [5.74, 6) is 0.0627. The molecule has 1 atom stereocenters. The number of ether oxygens (including phenoxy) is 1. The van der Waals surface area contributed by atoms with Crippen molar-refractivity contribution < 1.29 is 22.3 Å². The van der Waals surface area contributed by atoms with Gasteiger partial charge in [0, 0.05) is 19.2 Å². The molecule has 2 amide bonds. The van der Waals surface area contributed by atoms with E-state index in [0.717, 1.165) is 0 Å². The third-order valence-electron chi connectivity index (χ3n) is 6.04. The second-order valence-corrected chi connectivity index (χ2v) is 10.6. The molecule has 2 aromatic carbocycles. The molecular weight excluding hydrogens is 481 g/mol. The summed E-state index contributed by atoms with van der Waals surface area (Å²) >= 11 is 1.21. The Kier molecular flexibility index (Phi) is 6.56. The predicted molar refractivity (Wildman–Crippen MR) is 126 cm³/mol. The van der Waals surface area contributed by atoms with Crippen LogP contribution in [-0.2, 0) is 15.4 Å². The molecule has 12 heteroatoms. The van der Waals surface area contributed by atoms with E-state index in [4.69, 9.17) is 4.74 Å². The molecule has 1 aliphatic rings. The first-order chi connectivity index (χ1) is 16.2. The Balaban J connectivity index is 1.66. The lowest BCUT2D eigenvalue weighted by atomic mass is 9.80. The van der Waals surface area contributed by atoms with Crippen LogP contribution in [-0.4, -0.2) is 56.0 Å². The molecule has 9 nitrogen and oxygen atoms in total. The number of halogens is 1. The van der Waals surface area contributed by atoms with Crippen molar-refractivity contribution in [3.63, 3.8) is 0 Å². The van der Waals surface area contributed by atoms with Crippen LogP contribution in [0.1, 0.15) is 22.6 Å². The Labute approximate surface area is 201 Å². The van der Waals surface area contributed by atoms with Crippen LogP contribution in [0.25, 0.3) is 0 Å². The molecule has 1 unspecified atom stereocenters. The highest BCUT2D eigenvalue weighted by atomic mass is 32.2. The lowest BCUT2D eigenvalue weighted by molar-refractivity contribution is 0.220. The van der Waals surface area contributed by atoms with Crippen molar-refractivity contribution in [3.8, 4) is 5.75 Å². The first-order valence-electron chi connectivity index (χ1n) is 10.4. The lowest BCUT2D eigenvalue weighted by Crippen LogP contribution is -2.38. The Morgan fingerprint density at radius 2 is 2.06 bits per heavy atom. The van der Waals surface area contributed by atoms with Gasteiger partial charge in [0.2, 0.25) is 10.0 Å². The van der Waals surface area contributed by atoms with Crippen LogP contribution in [0.2, 0.25) is 0 Å². The van der Waals surface area contributed by atoms with Crippen molar-refractivity contribution in [1.29, 1.82) is 0 Å². The number of methoxy groups -OCH3 is 1. The molecule has 180 valence electrons. The number of urea groups is 1. The summed E-state index contributed by atoms with van der Waals surface area (Å²) in [4.78, 5) is 19.1. The van der Waals surface area contributed by atoms with Gasteiger partial charge in [0.15, 0.2) is 0 Å². The van der Waals surface area contributed by atoms with Crippen LogP contribution in [0.15, 0.2) is 47.6 Å². The second-order valence-electron chi connectivity index (χ2n) is 7.96. The summed E-state index contributed by atoms with van der Waals surface area (Å²) in [7, 11) is -1.09. The summed E-state index contributed by atoms with van der Waals surface area (Å²) in [6, 6.07) is 8.87. The summed E-state index contributed by atoms with van der Waals surface area (Å²) in [6.45, 7) is 2.28. The molecule has 0 bridgehead atoms. The highest BCUT2D eigenvalue weighted by Crippen LogP contribution is 2.42. The Morgan fingerprint density at radius 3 is 2.71 bits per heavy atom. The molecule has 2 heterocycles. The van der Waals surface area contributed by atoms with E-state index in [9.17, 15) is 17.6 Å². The van der Waals surface area contributed by atoms with Crippen LogP contribution < -0.4 is 14.8 Å². The maximum Gasteiger partial charge on any atom is 0.321 e. The van der Waals surface area contributed by atoms with E-state index in [0.29, 0.717) is 34.8 Å². The van der Waals surface area contributed by atoms with Crippen LogP contribution in [0.3, 0.4) is 0 Å². The molecule has 0 aliphatic carbocycles. The molecule has 0 saturated carbocycles. The van der Waals surface area contributed by atoms with Crippen molar-refractivity contribution in [2.75, 3.05) is 32.6 Å². The van der Waals surface area contributed by atoms with Crippen molar-refractivity contribution >= 4 is 33.3 Å². The number of amides is 2. The normalized spacial score (nSPS) is 18.2. The van der Waals surface area contributed by atoms with E-state index in [1.807, 2.05) is 6.07 Å². The first kappa shape index (κ1) is 24.0.